The van der Waals surface area contributed by atoms with Crippen LogP contribution in [0.5, 0.6) is 0 Å². The molecule has 1 rings (SSSR count). The fourth-order valence-corrected chi connectivity index (χ4v) is 1.86. The van der Waals surface area contributed by atoms with E-state index in [9.17, 15) is 4.21 Å². The van der Waals surface area contributed by atoms with Gasteiger partial charge in [-0.3, -0.25) is 9.19 Å². The number of hydrogen-bond donors (Lipinski definition) is 1. The molecule has 1 heterocycles. The van der Waals surface area contributed by atoms with Crippen LogP contribution in [0.2, 0.25) is 0 Å². The average molecular weight is 226 g/mol. The summed E-state index contributed by atoms with van der Waals surface area (Å²) in [5.74, 6) is 0.777. The summed E-state index contributed by atoms with van der Waals surface area (Å²) in [6.07, 6.45) is 6.40. The molecule has 0 aliphatic heterocycles. The number of aromatic nitrogens is 1. The van der Waals surface area contributed by atoms with Crippen molar-refractivity contribution in [3.8, 4) is 0 Å². The lowest BCUT2D eigenvalue weighted by atomic mass is 10.1. The van der Waals surface area contributed by atoms with Crippen LogP contribution in [-0.2, 0) is 17.3 Å². The Hall–Kier alpha value is -0.740. The molecule has 0 radical (unpaired) electrons. The van der Waals surface area contributed by atoms with Crippen LogP contribution in [0.15, 0.2) is 18.5 Å². The second-order valence-corrected chi connectivity index (χ2v) is 5.16. The molecule has 1 N–H and O–H groups in total. The van der Waals surface area contributed by atoms with Gasteiger partial charge in [-0.1, -0.05) is 0 Å². The van der Waals surface area contributed by atoms with Crippen molar-refractivity contribution in [2.24, 2.45) is 0 Å². The second-order valence-electron chi connectivity index (χ2n) is 3.61. The van der Waals surface area contributed by atoms with Gasteiger partial charge in [0.25, 0.3) is 0 Å². The van der Waals surface area contributed by atoms with Crippen molar-refractivity contribution in [2.75, 3.05) is 18.6 Å². The monoisotopic (exact) mass is 226 g/mol. The number of nitrogens with zero attached hydrogens (tertiary/aromatic N) is 1. The first-order chi connectivity index (χ1) is 7.20. The Balaban J connectivity index is 2.21. The maximum Gasteiger partial charge on any atom is 0.0315 e. The minimum absolute atomic E-state index is 0.670. The van der Waals surface area contributed by atoms with Gasteiger partial charge < -0.3 is 5.32 Å². The predicted octanol–water partition coefficient (Wildman–Crippen LogP) is 1.25. The highest BCUT2D eigenvalue weighted by molar-refractivity contribution is 7.84. The van der Waals surface area contributed by atoms with E-state index in [4.69, 9.17) is 0 Å². The van der Waals surface area contributed by atoms with Gasteiger partial charge in [-0.15, -0.1) is 0 Å². The van der Waals surface area contributed by atoms with Gasteiger partial charge in [-0.2, -0.15) is 0 Å². The summed E-state index contributed by atoms with van der Waals surface area (Å²) in [6.45, 7) is 3.84. The molecule has 1 aromatic rings. The molecule has 0 aromatic carbocycles. The van der Waals surface area contributed by atoms with Crippen molar-refractivity contribution < 1.29 is 4.21 Å². The summed E-state index contributed by atoms with van der Waals surface area (Å²) >= 11 is 0. The molecule has 1 unspecified atom stereocenters. The molecule has 4 heteroatoms. The fourth-order valence-electron chi connectivity index (χ4n) is 1.31. The third kappa shape index (κ3) is 5.04. The van der Waals surface area contributed by atoms with Crippen molar-refractivity contribution in [3.05, 3.63) is 29.6 Å². The Labute approximate surface area is 93.8 Å². The van der Waals surface area contributed by atoms with Gasteiger partial charge >= 0.3 is 0 Å². The van der Waals surface area contributed by atoms with Crippen molar-refractivity contribution >= 4 is 10.8 Å². The van der Waals surface area contributed by atoms with Crippen LogP contribution in [0.4, 0.5) is 0 Å². The number of pyridine rings is 1. The zero-order valence-corrected chi connectivity index (χ0v) is 10.1. The molecule has 0 aliphatic carbocycles. The first kappa shape index (κ1) is 12.3. The van der Waals surface area contributed by atoms with E-state index in [2.05, 4.69) is 17.2 Å². The molecule has 0 aliphatic rings. The lowest BCUT2D eigenvalue weighted by molar-refractivity contribution is 0.660. The second kappa shape index (κ2) is 6.69. The van der Waals surface area contributed by atoms with Gasteiger partial charge in [-0.05, 0) is 37.1 Å². The van der Waals surface area contributed by atoms with Gasteiger partial charge in [0.1, 0.15) is 0 Å². The first-order valence-electron chi connectivity index (χ1n) is 5.10. The zero-order chi connectivity index (χ0) is 11.1. The van der Waals surface area contributed by atoms with Crippen LogP contribution in [0.25, 0.3) is 0 Å². The quantitative estimate of drug-likeness (QED) is 0.742. The van der Waals surface area contributed by atoms with Gasteiger partial charge in [0.15, 0.2) is 0 Å². The maximum atomic E-state index is 10.8. The van der Waals surface area contributed by atoms with Crippen molar-refractivity contribution in [2.45, 2.75) is 19.9 Å². The van der Waals surface area contributed by atoms with E-state index in [0.717, 1.165) is 25.3 Å². The first-order valence-corrected chi connectivity index (χ1v) is 6.83. The standard InChI is InChI=1S/C11H18N2OS/c1-10-4-6-13-9-11(10)8-12-5-3-7-15(2)14/h4,6,9,12H,3,5,7-8H2,1-2H3. The normalized spacial score (nSPS) is 12.7. The molecule has 0 amide bonds. The molecule has 3 nitrogen and oxygen atoms in total. The van der Waals surface area contributed by atoms with Gasteiger partial charge in [0, 0.05) is 41.7 Å². The molecule has 84 valence electrons. The highest BCUT2D eigenvalue weighted by Gasteiger charge is 1.97. The average Bonchev–Trinajstić information content (AvgIpc) is 2.20. The Morgan fingerprint density at radius 1 is 1.53 bits per heavy atom. The van der Waals surface area contributed by atoms with Crippen molar-refractivity contribution in [1.29, 1.82) is 0 Å². The van der Waals surface area contributed by atoms with E-state index >= 15 is 0 Å². The molecule has 1 atom stereocenters. The summed E-state index contributed by atoms with van der Waals surface area (Å²) in [6, 6.07) is 2.01. The molecule has 0 spiro atoms. The van der Waals surface area contributed by atoms with Gasteiger partial charge in [-0.25, -0.2) is 0 Å². The van der Waals surface area contributed by atoms with Gasteiger partial charge in [0.05, 0.1) is 0 Å². The van der Waals surface area contributed by atoms with Crippen LogP contribution in [-0.4, -0.2) is 27.7 Å². The minimum Gasteiger partial charge on any atom is -0.313 e. The van der Waals surface area contributed by atoms with E-state index in [1.54, 1.807) is 12.5 Å². The Morgan fingerprint density at radius 2 is 2.33 bits per heavy atom. The van der Waals surface area contributed by atoms with Crippen LogP contribution in [0.1, 0.15) is 17.5 Å². The van der Waals surface area contributed by atoms with Gasteiger partial charge in [0.2, 0.25) is 0 Å². The fraction of sp³-hybridized carbons (Fsp3) is 0.545. The molecular formula is C11H18N2OS. The number of rotatable bonds is 6. The third-order valence-corrected chi connectivity index (χ3v) is 3.11. The lowest BCUT2D eigenvalue weighted by Crippen LogP contribution is -2.17. The predicted molar refractivity (Wildman–Crippen MR) is 64.2 cm³/mol. The summed E-state index contributed by atoms with van der Waals surface area (Å²) in [5, 5.41) is 3.32. The summed E-state index contributed by atoms with van der Waals surface area (Å²) in [4.78, 5) is 4.08. The molecule has 15 heavy (non-hydrogen) atoms. The third-order valence-electron chi connectivity index (χ3n) is 2.25. The SMILES string of the molecule is Cc1ccncc1CNCCCS(C)=O. The zero-order valence-electron chi connectivity index (χ0n) is 9.32. The summed E-state index contributed by atoms with van der Waals surface area (Å²) in [5.41, 5.74) is 2.49. The topological polar surface area (TPSA) is 42.0 Å². The Morgan fingerprint density at radius 3 is 3.00 bits per heavy atom. The molecule has 1 aromatic heterocycles. The molecular weight excluding hydrogens is 208 g/mol. The smallest absolute Gasteiger partial charge is 0.0315 e. The minimum atomic E-state index is -0.670. The highest BCUT2D eigenvalue weighted by Crippen LogP contribution is 2.03. The van der Waals surface area contributed by atoms with E-state index in [-0.39, 0.29) is 0 Å². The van der Waals surface area contributed by atoms with E-state index in [1.807, 2.05) is 12.3 Å². The van der Waals surface area contributed by atoms with Crippen LogP contribution < -0.4 is 5.32 Å². The molecule has 0 saturated heterocycles. The molecule has 0 saturated carbocycles. The molecule has 0 fully saturated rings. The van der Waals surface area contributed by atoms with E-state index < -0.39 is 10.8 Å². The largest absolute Gasteiger partial charge is 0.313 e. The number of hydrogen-bond acceptors (Lipinski definition) is 3. The van der Waals surface area contributed by atoms with Crippen LogP contribution in [0.3, 0.4) is 0 Å². The maximum absolute atomic E-state index is 10.8. The van der Waals surface area contributed by atoms with Crippen molar-refractivity contribution in [3.63, 3.8) is 0 Å². The van der Waals surface area contributed by atoms with Crippen LogP contribution >= 0.6 is 0 Å². The summed E-state index contributed by atoms with van der Waals surface area (Å²) < 4.78 is 10.8. The molecule has 0 bridgehead atoms. The Bertz CT molecular complexity index is 328. The highest BCUT2D eigenvalue weighted by atomic mass is 32.2. The van der Waals surface area contributed by atoms with E-state index in [1.165, 1.54) is 11.1 Å². The number of aryl methyl sites for hydroxylation is 1. The lowest BCUT2D eigenvalue weighted by Gasteiger charge is -2.06. The number of nitrogens with one attached hydrogen (secondary N) is 1. The summed E-state index contributed by atoms with van der Waals surface area (Å²) in [7, 11) is -0.670. The van der Waals surface area contributed by atoms with E-state index in [0.29, 0.717) is 0 Å². The van der Waals surface area contributed by atoms with Crippen molar-refractivity contribution in [1.82, 2.24) is 10.3 Å². The Kier molecular flexibility index (Phi) is 5.50. The van der Waals surface area contributed by atoms with Crippen LogP contribution in [0, 0.1) is 6.92 Å².